The van der Waals surface area contributed by atoms with E-state index in [0.29, 0.717) is 32.8 Å². The first-order valence-electron chi connectivity index (χ1n) is 10.1. The Bertz CT molecular complexity index is 256. The molecule has 0 fully saturated rings. The number of hydrogen-bond acceptors (Lipinski definition) is 4. The van der Waals surface area contributed by atoms with E-state index in [2.05, 4.69) is 13.8 Å². The monoisotopic (exact) mass is 344 g/mol. The van der Waals surface area contributed by atoms with Crippen LogP contribution in [0.2, 0.25) is 0 Å². The Kier molecular flexibility index (Phi) is 19.9. The molecule has 0 saturated heterocycles. The summed E-state index contributed by atoms with van der Waals surface area (Å²) in [5.41, 5.74) is 0. The molecule has 0 saturated carbocycles. The molecule has 0 aromatic carbocycles. The quantitative estimate of drug-likeness (QED) is 0.236. The van der Waals surface area contributed by atoms with Gasteiger partial charge in [0.05, 0.1) is 19.8 Å². The Morgan fingerprint density at radius 3 is 1.75 bits per heavy atom. The topological polar surface area (TPSA) is 44.8 Å². The average molecular weight is 345 g/mol. The highest BCUT2D eigenvalue weighted by Crippen LogP contribution is 2.05. The van der Waals surface area contributed by atoms with Gasteiger partial charge in [-0.05, 0) is 19.3 Å². The maximum absolute atomic E-state index is 11.5. The summed E-state index contributed by atoms with van der Waals surface area (Å²) in [5, 5.41) is 0. The second-order valence-corrected chi connectivity index (χ2v) is 6.38. The summed E-state index contributed by atoms with van der Waals surface area (Å²) >= 11 is 0. The van der Waals surface area contributed by atoms with E-state index in [1.807, 2.05) is 0 Å². The molecule has 24 heavy (non-hydrogen) atoms. The minimum atomic E-state index is -0.0978. The van der Waals surface area contributed by atoms with Crippen molar-refractivity contribution in [2.45, 2.75) is 90.9 Å². The summed E-state index contributed by atoms with van der Waals surface area (Å²) in [6, 6.07) is 0. The van der Waals surface area contributed by atoms with Gasteiger partial charge in [0.15, 0.2) is 0 Å². The van der Waals surface area contributed by atoms with E-state index in [1.54, 1.807) is 0 Å². The van der Waals surface area contributed by atoms with Crippen LogP contribution in [0.15, 0.2) is 0 Å². The van der Waals surface area contributed by atoms with Gasteiger partial charge in [-0.15, -0.1) is 0 Å². The van der Waals surface area contributed by atoms with Gasteiger partial charge in [0.1, 0.15) is 0 Å². The first-order chi connectivity index (χ1) is 11.8. The van der Waals surface area contributed by atoms with E-state index in [9.17, 15) is 4.79 Å². The van der Waals surface area contributed by atoms with Crippen molar-refractivity contribution >= 4 is 5.97 Å². The normalized spacial score (nSPS) is 10.9. The largest absolute Gasteiger partial charge is 0.466 e. The van der Waals surface area contributed by atoms with Crippen LogP contribution in [-0.4, -0.2) is 39.0 Å². The predicted molar refractivity (Wildman–Crippen MR) is 99.3 cm³/mol. The van der Waals surface area contributed by atoms with Crippen LogP contribution < -0.4 is 0 Å². The highest BCUT2D eigenvalue weighted by atomic mass is 16.5. The molecule has 0 N–H and O–H groups in total. The molecule has 0 aromatic heterocycles. The van der Waals surface area contributed by atoms with Crippen LogP contribution >= 0.6 is 0 Å². The molecule has 0 rings (SSSR count). The maximum atomic E-state index is 11.5. The van der Waals surface area contributed by atoms with Crippen molar-refractivity contribution in [3.8, 4) is 0 Å². The SMILES string of the molecule is CCCCCCCCOC(=O)CCCOCCOCCCCCC. The summed E-state index contributed by atoms with van der Waals surface area (Å²) in [6.07, 6.45) is 13.4. The summed E-state index contributed by atoms with van der Waals surface area (Å²) in [7, 11) is 0. The molecule has 0 aliphatic heterocycles. The third-order valence-corrected chi connectivity index (χ3v) is 3.94. The molecule has 0 aliphatic carbocycles. The second kappa shape index (κ2) is 20.4. The Balaban J connectivity index is 3.12. The number of rotatable bonds is 19. The van der Waals surface area contributed by atoms with Crippen LogP contribution in [0.25, 0.3) is 0 Å². The minimum Gasteiger partial charge on any atom is -0.466 e. The molecular formula is C20H40O4. The third-order valence-electron chi connectivity index (χ3n) is 3.94. The lowest BCUT2D eigenvalue weighted by Gasteiger charge is -2.07. The zero-order valence-corrected chi connectivity index (χ0v) is 16.2. The van der Waals surface area contributed by atoms with E-state index in [1.165, 1.54) is 44.9 Å². The molecule has 0 bridgehead atoms. The van der Waals surface area contributed by atoms with Crippen LogP contribution in [0.1, 0.15) is 90.9 Å². The Hall–Kier alpha value is -0.610. The number of hydrogen-bond donors (Lipinski definition) is 0. The van der Waals surface area contributed by atoms with Crippen molar-refractivity contribution in [2.75, 3.05) is 33.0 Å². The zero-order valence-electron chi connectivity index (χ0n) is 16.2. The standard InChI is InChI=1S/C20H40O4/c1-3-5-7-9-10-12-17-24-20(21)14-13-16-23-19-18-22-15-11-8-6-4-2/h3-19H2,1-2H3. The summed E-state index contributed by atoms with van der Waals surface area (Å²) in [6.45, 7) is 7.68. The van der Waals surface area contributed by atoms with Crippen molar-refractivity contribution in [3.05, 3.63) is 0 Å². The van der Waals surface area contributed by atoms with E-state index in [0.717, 1.165) is 32.3 Å². The van der Waals surface area contributed by atoms with E-state index >= 15 is 0 Å². The fourth-order valence-corrected chi connectivity index (χ4v) is 2.41. The zero-order chi connectivity index (χ0) is 17.7. The fraction of sp³-hybridized carbons (Fsp3) is 0.950. The molecule has 0 radical (unpaired) electrons. The predicted octanol–water partition coefficient (Wildman–Crippen LogP) is 5.28. The molecule has 0 aliphatic rings. The van der Waals surface area contributed by atoms with Crippen molar-refractivity contribution < 1.29 is 19.0 Å². The molecule has 0 amide bonds. The lowest BCUT2D eigenvalue weighted by Crippen LogP contribution is -2.09. The molecule has 0 heterocycles. The molecule has 0 unspecified atom stereocenters. The average Bonchev–Trinajstić information content (AvgIpc) is 2.59. The molecule has 0 aromatic rings. The number of carbonyl (C=O) groups is 1. The van der Waals surface area contributed by atoms with Crippen molar-refractivity contribution in [1.82, 2.24) is 0 Å². The van der Waals surface area contributed by atoms with Gasteiger partial charge < -0.3 is 14.2 Å². The van der Waals surface area contributed by atoms with Gasteiger partial charge in [-0.3, -0.25) is 4.79 Å². The first kappa shape index (κ1) is 23.4. The van der Waals surface area contributed by atoms with Gasteiger partial charge in [-0.1, -0.05) is 65.2 Å². The van der Waals surface area contributed by atoms with Gasteiger partial charge in [-0.2, -0.15) is 0 Å². The van der Waals surface area contributed by atoms with Crippen molar-refractivity contribution in [1.29, 1.82) is 0 Å². The number of esters is 1. The molecule has 0 spiro atoms. The van der Waals surface area contributed by atoms with Gasteiger partial charge >= 0.3 is 5.97 Å². The lowest BCUT2D eigenvalue weighted by atomic mass is 10.1. The number of unbranched alkanes of at least 4 members (excludes halogenated alkanes) is 8. The van der Waals surface area contributed by atoms with Gasteiger partial charge in [0.2, 0.25) is 0 Å². The highest BCUT2D eigenvalue weighted by molar-refractivity contribution is 5.69. The van der Waals surface area contributed by atoms with Crippen LogP contribution in [-0.2, 0) is 19.0 Å². The first-order valence-corrected chi connectivity index (χ1v) is 10.1. The van der Waals surface area contributed by atoms with Gasteiger partial charge in [-0.25, -0.2) is 0 Å². The van der Waals surface area contributed by atoms with Gasteiger partial charge in [0.25, 0.3) is 0 Å². The van der Waals surface area contributed by atoms with Crippen LogP contribution in [0.4, 0.5) is 0 Å². The highest BCUT2D eigenvalue weighted by Gasteiger charge is 2.02. The maximum Gasteiger partial charge on any atom is 0.305 e. The summed E-state index contributed by atoms with van der Waals surface area (Å²) in [4.78, 5) is 11.5. The van der Waals surface area contributed by atoms with Crippen molar-refractivity contribution in [3.63, 3.8) is 0 Å². The van der Waals surface area contributed by atoms with Gasteiger partial charge in [0, 0.05) is 19.6 Å². The molecular weight excluding hydrogens is 304 g/mol. The molecule has 144 valence electrons. The van der Waals surface area contributed by atoms with Crippen LogP contribution in [0.5, 0.6) is 0 Å². The van der Waals surface area contributed by atoms with Crippen LogP contribution in [0, 0.1) is 0 Å². The Labute approximate surface area is 149 Å². The Morgan fingerprint density at radius 2 is 1.08 bits per heavy atom. The van der Waals surface area contributed by atoms with Crippen LogP contribution in [0.3, 0.4) is 0 Å². The second-order valence-electron chi connectivity index (χ2n) is 6.38. The molecule has 0 atom stereocenters. The lowest BCUT2D eigenvalue weighted by molar-refractivity contribution is -0.144. The Morgan fingerprint density at radius 1 is 0.583 bits per heavy atom. The van der Waals surface area contributed by atoms with E-state index in [4.69, 9.17) is 14.2 Å². The van der Waals surface area contributed by atoms with E-state index in [-0.39, 0.29) is 5.97 Å². The van der Waals surface area contributed by atoms with E-state index < -0.39 is 0 Å². The number of carbonyl (C=O) groups excluding carboxylic acids is 1. The molecule has 4 heteroatoms. The minimum absolute atomic E-state index is 0.0978. The summed E-state index contributed by atoms with van der Waals surface area (Å²) < 4.78 is 16.2. The van der Waals surface area contributed by atoms with Crippen molar-refractivity contribution in [2.24, 2.45) is 0 Å². The summed E-state index contributed by atoms with van der Waals surface area (Å²) in [5.74, 6) is -0.0978. The fourth-order valence-electron chi connectivity index (χ4n) is 2.41. The smallest absolute Gasteiger partial charge is 0.305 e. The number of ether oxygens (including phenoxy) is 3. The third kappa shape index (κ3) is 19.4. The molecule has 4 nitrogen and oxygen atoms in total.